The molecule has 0 nitrogen and oxygen atoms in total. The van der Waals surface area contributed by atoms with Crippen LogP contribution in [-0.4, -0.2) is 0 Å². The third-order valence-corrected chi connectivity index (χ3v) is 4.07. The summed E-state index contributed by atoms with van der Waals surface area (Å²) in [5.41, 5.74) is 0. The number of rotatable bonds is 5. The molecular formula is C13H26. The van der Waals surface area contributed by atoms with Crippen LogP contribution < -0.4 is 0 Å². The summed E-state index contributed by atoms with van der Waals surface area (Å²) in [5, 5.41) is 0. The van der Waals surface area contributed by atoms with E-state index in [4.69, 9.17) is 0 Å². The zero-order valence-electron chi connectivity index (χ0n) is 10.0. The highest BCUT2D eigenvalue weighted by Gasteiger charge is 2.41. The lowest BCUT2D eigenvalue weighted by Crippen LogP contribution is -2.21. The van der Waals surface area contributed by atoms with Gasteiger partial charge in [-0.2, -0.15) is 0 Å². The van der Waals surface area contributed by atoms with Crippen LogP contribution in [-0.2, 0) is 0 Å². The molecule has 0 spiro atoms. The summed E-state index contributed by atoms with van der Waals surface area (Å²) in [6, 6.07) is 0. The lowest BCUT2D eigenvalue weighted by atomic mass is 9.77. The monoisotopic (exact) mass is 182 g/mol. The summed E-state index contributed by atoms with van der Waals surface area (Å²) in [5.74, 6) is 4.96. The maximum absolute atomic E-state index is 2.42. The van der Waals surface area contributed by atoms with Gasteiger partial charge in [-0.25, -0.2) is 0 Å². The van der Waals surface area contributed by atoms with Crippen LogP contribution in [0.2, 0.25) is 0 Å². The maximum Gasteiger partial charge on any atom is -0.0355 e. The molecule has 1 fully saturated rings. The molecule has 1 aliphatic rings. The molecule has 0 aromatic rings. The van der Waals surface area contributed by atoms with Gasteiger partial charge in [-0.3, -0.25) is 0 Å². The van der Waals surface area contributed by atoms with Gasteiger partial charge in [0, 0.05) is 0 Å². The standard InChI is InChI=1S/C13H26/c1-6-11(9(3)4)12(7-2)13-8-10(13)5/h9-13H,6-8H2,1-5H3. The molecular weight excluding hydrogens is 156 g/mol. The van der Waals surface area contributed by atoms with E-state index in [9.17, 15) is 0 Å². The average molecular weight is 182 g/mol. The zero-order chi connectivity index (χ0) is 10.0. The molecule has 4 atom stereocenters. The fourth-order valence-corrected chi connectivity index (χ4v) is 3.14. The van der Waals surface area contributed by atoms with Gasteiger partial charge in [-0.15, -0.1) is 0 Å². The first-order valence-corrected chi connectivity index (χ1v) is 6.11. The summed E-state index contributed by atoms with van der Waals surface area (Å²) >= 11 is 0. The molecule has 0 aromatic carbocycles. The largest absolute Gasteiger partial charge is 0.0651 e. The second kappa shape index (κ2) is 4.48. The Balaban J connectivity index is 2.52. The molecule has 0 bridgehead atoms. The summed E-state index contributed by atoms with van der Waals surface area (Å²) in [6.07, 6.45) is 4.27. The topological polar surface area (TPSA) is 0 Å². The van der Waals surface area contributed by atoms with Gasteiger partial charge >= 0.3 is 0 Å². The van der Waals surface area contributed by atoms with Crippen LogP contribution in [0.3, 0.4) is 0 Å². The number of hydrogen-bond donors (Lipinski definition) is 0. The van der Waals surface area contributed by atoms with Gasteiger partial charge in [0.05, 0.1) is 0 Å². The van der Waals surface area contributed by atoms with Crippen LogP contribution in [0.15, 0.2) is 0 Å². The van der Waals surface area contributed by atoms with Crippen molar-refractivity contribution < 1.29 is 0 Å². The maximum atomic E-state index is 2.42. The quantitative estimate of drug-likeness (QED) is 0.593. The highest BCUT2D eigenvalue weighted by atomic mass is 14.5. The molecule has 0 aliphatic heterocycles. The Labute approximate surface area is 84.1 Å². The van der Waals surface area contributed by atoms with E-state index in [0.29, 0.717) is 0 Å². The molecule has 4 unspecified atom stereocenters. The van der Waals surface area contributed by atoms with E-state index in [1.54, 1.807) is 0 Å². The van der Waals surface area contributed by atoms with Crippen LogP contribution in [0.4, 0.5) is 0 Å². The van der Waals surface area contributed by atoms with Gasteiger partial charge in [0.15, 0.2) is 0 Å². The molecule has 1 aliphatic carbocycles. The average Bonchev–Trinajstić information content (AvgIpc) is 2.77. The fraction of sp³-hybridized carbons (Fsp3) is 1.00. The zero-order valence-corrected chi connectivity index (χ0v) is 10.0. The Kier molecular flexibility index (Phi) is 3.82. The van der Waals surface area contributed by atoms with Gasteiger partial charge < -0.3 is 0 Å². The first-order valence-electron chi connectivity index (χ1n) is 6.11. The second-order valence-corrected chi connectivity index (χ2v) is 5.27. The van der Waals surface area contributed by atoms with Crippen LogP contribution in [0.5, 0.6) is 0 Å². The fourth-order valence-electron chi connectivity index (χ4n) is 3.14. The third-order valence-electron chi connectivity index (χ3n) is 4.07. The van der Waals surface area contributed by atoms with Gasteiger partial charge in [0.1, 0.15) is 0 Å². The van der Waals surface area contributed by atoms with E-state index in [1.165, 1.54) is 19.3 Å². The normalized spacial score (nSPS) is 31.8. The first kappa shape index (κ1) is 11.1. The van der Waals surface area contributed by atoms with Crippen LogP contribution in [0.25, 0.3) is 0 Å². The molecule has 1 saturated carbocycles. The molecule has 78 valence electrons. The van der Waals surface area contributed by atoms with Crippen molar-refractivity contribution in [1.29, 1.82) is 0 Å². The molecule has 0 heterocycles. The predicted octanol–water partition coefficient (Wildman–Crippen LogP) is 4.35. The molecule has 0 heteroatoms. The van der Waals surface area contributed by atoms with Gasteiger partial charge in [-0.1, -0.05) is 47.5 Å². The second-order valence-electron chi connectivity index (χ2n) is 5.27. The van der Waals surface area contributed by atoms with Gasteiger partial charge in [0.25, 0.3) is 0 Å². The van der Waals surface area contributed by atoms with Crippen molar-refractivity contribution in [2.75, 3.05) is 0 Å². The molecule has 1 rings (SSSR count). The predicted molar refractivity (Wildman–Crippen MR) is 59.7 cm³/mol. The van der Waals surface area contributed by atoms with E-state index in [1.807, 2.05) is 0 Å². The minimum Gasteiger partial charge on any atom is -0.0651 e. The van der Waals surface area contributed by atoms with Crippen LogP contribution in [0, 0.1) is 29.6 Å². The van der Waals surface area contributed by atoms with Crippen molar-refractivity contribution in [3.05, 3.63) is 0 Å². The molecule has 0 saturated heterocycles. The van der Waals surface area contributed by atoms with Crippen LogP contribution in [0.1, 0.15) is 53.9 Å². The Morgan fingerprint density at radius 1 is 1.15 bits per heavy atom. The highest BCUT2D eigenvalue weighted by molar-refractivity contribution is 4.91. The van der Waals surface area contributed by atoms with E-state index in [0.717, 1.165) is 29.6 Å². The SMILES string of the molecule is CCC(C(C)C)C(CC)C1CC1C. The van der Waals surface area contributed by atoms with E-state index in [-0.39, 0.29) is 0 Å². The van der Waals surface area contributed by atoms with Crippen molar-refractivity contribution in [2.24, 2.45) is 29.6 Å². The van der Waals surface area contributed by atoms with Crippen molar-refractivity contribution in [3.63, 3.8) is 0 Å². The Bertz CT molecular complexity index is 148. The summed E-state index contributed by atoms with van der Waals surface area (Å²) in [7, 11) is 0. The molecule has 0 radical (unpaired) electrons. The lowest BCUT2D eigenvalue weighted by molar-refractivity contribution is 0.207. The van der Waals surface area contributed by atoms with E-state index >= 15 is 0 Å². The number of hydrogen-bond acceptors (Lipinski definition) is 0. The van der Waals surface area contributed by atoms with Crippen LogP contribution >= 0.6 is 0 Å². The lowest BCUT2D eigenvalue weighted by Gasteiger charge is -2.29. The first-order chi connectivity index (χ1) is 6.11. The van der Waals surface area contributed by atoms with E-state index < -0.39 is 0 Å². The Morgan fingerprint density at radius 2 is 1.69 bits per heavy atom. The minimum atomic E-state index is 0.878. The van der Waals surface area contributed by atoms with Gasteiger partial charge in [-0.05, 0) is 36.0 Å². The van der Waals surface area contributed by atoms with Gasteiger partial charge in [0.2, 0.25) is 0 Å². The Hall–Kier alpha value is 0. The van der Waals surface area contributed by atoms with Crippen molar-refractivity contribution in [3.8, 4) is 0 Å². The molecule has 0 aromatic heterocycles. The van der Waals surface area contributed by atoms with E-state index in [2.05, 4.69) is 34.6 Å². The smallest absolute Gasteiger partial charge is 0.0355 e. The summed E-state index contributed by atoms with van der Waals surface area (Å²) in [6.45, 7) is 11.9. The third kappa shape index (κ3) is 2.48. The highest BCUT2D eigenvalue weighted by Crippen LogP contribution is 2.49. The van der Waals surface area contributed by atoms with Crippen molar-refractivity contribution in [1.82, 2.24) is 0 Å². The molecule has 0 N–H and O–H groups in total. The van der Waals surface area contributed by atoms with Crippen molar-refractivity contribution in [2.45, 2.75) is 53.9 Å². The minimum absolute atomic E-state index is 0.878. The molecule has 13 heavy (non-hydrogen) atoms. The summed E-state index contributed by atoms with van der Waals surface area (Å²) < 4.78 is 0. The summed E-state index contributed by atoms with van der Waals surface area (Å²) in [4.78, 5) is 0. The van der Waals surface area contributed by atoms with Crippen molar-refractivity contribution >= 4 is 0 Å². The molecule has 0 amide bonds. The Morgan fingerprint density at radius 3 is 1.92 bits per heavy atom.